The molecular formula is C18H18ClNO4S. The summed E-state index contributed by atoms with van der Waals surface area (Å²) in [5.74, 6) is -0.472. The van der Waals surface area contributed by atoms with Crippen molar-refractivity contribution in [2.75, 3.05) is 6.61 Å². The Morgan fingerprint density at radius 2 is 2.28 bits per heavy atom. The van der Waals surface area contributed by atoms with E-state index in [0.717, 1.165) is 16.2 Å². The van der Waals surface area contributed by atoms with E-state index in [-0.39, 0.29) is 12.5 Å². The highest BCUT2D eigenvalue weighted by atomic mass is 35.5. The molecule has 1 amide bonds. The largest absolute Gasteiger partial charge is 0.492 e. The molecule has 1 aromatic heterocycles. The van der Waals surface area contributed by atoms with Crippen molar-refractivity contribution in [2.45, 2.75) is 26.0 Å². The number of rotatable bonds is 5. The van der Waals surface area contributed by atoms with E-state index in [9.17, 15) is 9.59 Å². The summed E-state index contributed by atoms with van der Waals surface area (Å²) in [6.07, 6.45) is -0.369. The predicted molar refractivity (Wildman–Crippen MR) is 95.9 cm³/mol. The first kappa shape index (κ1) is 17.8. The van der Waals surface area contributed by atoms with Crippen molar-refractivity contribution >= 4 is 34.8 Å². The maximum absolute atomic E-state index is 12.3. The maximum atomic E-state index is 12.3. The van der Waals surface area contributed by atoms with Gasteiger partial charge in [-0.1, -0.05) is 17.7 Å². The minimum Gasteiger partial charge on any atom is -0.492 e. The molecule has 2 aromatic rings. The Balaban J connectivity index is 1.52. The number of hydrogen-bond acceptors (Lipinski definition) is 5. The molecule has 0 radical (unpaired) electrons. The van der Waals surface area contributed by atoms with Crippen molar-refractivity contribution in [2.24, 2.45) is 5.92 Å². The average molecular weight is 380 g/mol. The second kappa shape index (κ2) is 7.89. The van der Waals surface area contributed by atoms with E-state index in [1.807, 2.05) is 17.5 Å². The summed E-state index contributed by atoms with van der Waals surface area (Å²) in [7, 11) is 0. The molecule has 1 N–H and O–H groups in total. The van der Waals surface area contributed by atoms with Crippen LogP contribution in [-0.4, -0.2) is 24.6 Å². The highest BCUT2D eigenvalue weighted by molar-refractivity contribution is 7.09. The molecule has 1 aliphatic heterocycles. The zero-order chi connectivity index (χ0) is 17.8. The van der Waals surface area contributed by atoms with Crippen LogP contribution in [-0.2, 0) is 27.3 Å². The van der Waals surface area contributed by atoms with Gasteiger partial charge in [0.25, 0.3) is 5.91 Å². The Kier molecular flexibility index (Phi) is 5.60. The number of esters is 1. The van der Waals surface area contributed by atoms with E-state index in [1.54, 1.807) is 36.5 Å². The number of ether oxygens (including phenoxy) is 2. The molecule has 0 fully saturated rings. The molecule has 1 aliphatic rings. The van der Waals surface area contributed by atoms with Crippen molar-refractivity contribution in [3.05, 3.63) is 51.2 Å². The van der Waals surface area contributed by atoms with Gasteiger partial charge in [0.05, 0.1) is 12.5 Å². The van der Waals surface area contributed by atoms with Crippen LogP contribution in [0.1, 0.15) is 17.4 Å². The molecule has 2 heterocycles. The SMILES string of the molecule is C[C@H](OC(=O)[C@H]1COc2ccc(Cl)cc2C1)C(=O)NCc1cccs1. The Hall–Kier alpha value is -2.05. The molecule has 2 atom stereocenters. The summed E-state index contributed by atoms with van der Waals surface area (Å²) in [4.78, 5) is 25.4. The summed E-state index contributed by atoms with van der Waals surface area (Å²) >= 11 is 7.54. The van der Waals surface area contributed by atoms with Gasteiger partial charge in [-0.05, 0) is 48.6 Å². The molecule has 3 rings (SSSR count). The lowest BCUT2D eigenvalue weighted by Crippen LogP contribution is -2.38. The van der Waals surface area contributed by atoms with Crippen LogP contribution in [0.15, 0.2) is 35.7 Å². The number of nitrogens with one attached hydrogen (secondary N) is 1. The van der Waals surface area contributed by atoms with Gasteiger partial charge in [0.15, 0.2) is 6.10 Å². The van der Waals surface area contributed by atoms with E-state index in [0.29, 0.717) is 18.0 Å². The average Bonchev–Trinajstić information content (AvgIpc) is 3.12. The number of halogens is 1. The molecule has 0 saturated heterocycles. The molecule has 0 saturated carbocycles. The van der Waals surface area contributed by atoms with Crippen LogP contribution in [0.25, 0.3) is 0 Å². The van der Waals surface area contributed by atoms with Crippen LogP contribution < -0.4 is 10.1 Å². The van der Waals surface area contributed by atoms with Crippen molar-refractivity contribution in [3.63, 3.8) is 0 Å². The molecule has 25 heavy (non-hydrogen) atoms. The van der Waals surface area contributed by atoms with E-state index in [2.05, 4.69) is 5.32 Å². The van der Waals surface area contributed by atoms with E-state index in [4.69, 9.17) is 21.1 Å². The zero-order valence-electron chi connectivity index (χ0n) is 13.7. The van der Waals surface area contributed by atoms with Gasteiger partial charge in [-0.3, -0.25) is 9.59 Å². The fraction of sp³-hybridized carbons (Fsp3) is 0.333. The number of hydrogen-bond donors (Lipinski definition) is 1. The minimum absolute atomic E-state index is 0.233. The summed E-state index contributed by atoms with van der Waals surface area (Å²) in [5, 5.41) is 5.30. The summed E-state index contributed by atoms with van der Waals surface area (Å²) in [6, 6.07) is 9.18. The molecule has 0 bridgehead atoms. The van der Waals surface area contributed by atoms with Gasteiger partial charge >= 0.3 is 5.97 Å². The number of thiophene rings is 1. The Morgan fingerprint density at radius 1 is 1.44 bits per heavy atom. The first-order chi connectivity index (χ1) is 12.0. The van der Waals surface area contributed by atoms with Crippen molar-refractivity contribution in [3.8, 4) is 5.75 Å². The fourth-order valence-corrected chi connectivity index (χ4v) is 3.41. The highest BCUT2D eigenvalue weighted by Crippen LogP contribution is 2.30. The Morgan fingerprint density at radius 3 is 3.04 bits per heavy atom. The van der Waals surface area contributed by atoms with Crippen LogP contribution in [0.5, 0.6) is 5.75 Å². The summed E-state index contributed by atoms with van der Waals surface area (Å²) in [5.41, 5.74) is 0.871. The molecule has 0 unspecified atom stereocenters. The number of fused-ring (bicyclic) bond motifs is 1. The van der Waals surface area contributed by atoms with Crippen LogP contribution in [0.4, 0.5) is 0 Å². The summed E-state index contributed by atoms with van der Waals surface area (Å²) in [6.45, 7) is 2.23. The normalized spacial score (nSPS) is 17.1. The molecule has 7 heteroatoms. The molecule has 132 valence electrons. The molecule has 0 aliphatic carbocycles. The predicted octanol–water partition coefficient (Wildman–Crippen LogP) is 3.20. The standard InChI is InChI=1S/C18H18ClNO4S/c1-11(17(21)20-9-15-3-2-6-25-15)24-18(22)13-7-12-8-14(19)4-5-16(12)23-10-13/h2-6,8,11,13H,7,9-10H2,1H3,(H,20,21)/t11-,13+/m0/s1. The van der Waals surface area contributed by atoms with Crippen LogP contribution in [0.2, 0.25) is 5.02 Å². The second-order valence-electron chi connectivity index (χ2n) is 5.84. The van der Waals surface area contributed by atoms with Gasteiger partial charge < -0.3 is 14.8 Å². The third-order valence-electron chi connectivity index (χ3n) is 3.94. The number of carbonyl (C=O) groups is 2. The van der Waals surface area contributed by atoms with Gasteiger partial charge in [-0.25, -0.2) is 0 Å². The highest BCUT2D eigenvalue weighted by Gasteiger charge is 2.30. The van der Waals surface area contributed by atoms with E-state index in [1.165, 1.54) is 0 Å². The minimum atomic E-state index is -0.853. The smallest absolute Gasteiger partial charge is 0.313 e. The van der Waals surface area contributed by atoms with Gasteiger partial charge in [0.2, 0.25) is 0 Å². The molecule has 5 nitrogen and oxygen atoms in total. The summed E-state index contributed by atoms with van der Waals surface area (Å²) < 4.78 is 10.9. The van der Waals surface area contributed by atoms with Gasteiger partial charge in [0, 0.05) is 9.90 Å². The lowest BCUT2D eigenvalue weighted by atomic mass is 9.97. The van der Waals surface area contributed by atoms with Crippen LogP contribution in [0.3, 0.4) is 0 Å². The number of benzene rings is 1. The topological polar surface area (TPSA) is 64.6 Å². The van der Waals surface area contributed by atoms with Crippen molar-refractivity contribution < 1.29 is 19.1 Å². The third-order valence-corrected chi connectivity index (χ3v) is 5.05. The molecular weight excluding hydrogens is 362 g/mol. The fourth-order valence-electron chi connectivity index (χ4n) is 2.57. The quantitative estimate of drug-likeness (QED) is 0.810. The Labute approximate surface area is 154 Å². The third kappa shape index (κ3) is 4.52. The van der Waals surface area contributed by atoms with Crippen molar-refractivity contribution in [1.29, 1.82) is 0 Å². The van der Waals surface area contributed by atoms with Gasteiger partial charge in [-0.2, -0.15) is 0 Å². The number of amides is 1. The number of carbonyl (C=O) groups excluding carboxylic acids is 2. The molecule has 0 spiro atoms. The van der Waals surface area contributed by atoms with Gasteiger partial charge in [0.1, 0.15) is 12.4 Å². The monoisotopic (exact) mass is 379 g/mol. The first-order valence-corrected chi connectivity index (χ1v) is 9.20. The maximum Gasteiger partial charge on any atom is 0.313 e. The van der Waals surface area contributed by atoms with Crippen molar-refractivity contribution in [1.82, 2.24) is 5.32 Å². The zero-order valence-corrected chi connectivity index (χ0v) is 15.2. The van der Waals surface area contributed by atoms with E-state index >= 15 is 0 Å². The van der Waals surface area contributed by atoms with Crippen LogP contribution in [0, 0.1) is 5.92 Å². The Bertz CT molecular complexity index is 762. The van der Waals surface area contributed by atoms with E-state index < -0.39 is 18.0 Å². The lowest BCUT2D eigenvalue weighted by molar-refractivity contribution is -0.160. The first-order valence-electron chi connectivity index (χ1n) is 7.94. The molecule has 1 aromatic carbocycles. The lowest BCUT2D eigenvalue weighted by Gasteiger charge is -2.25. The van der Waals surface area contributed by atoms with Gasteiger partial charge in [-0.15, -0.1) is 11.3 Å². The second-order valence-corrected chi connectivity index (χ2v) is 7.31. The van der Waals surface area contributed by atoms with Crippen LogP contribution >= 0.6 is 22.9 Å².